The first-order valence-corrected chi connectivity index (χ1v) is 7.49. The predicted octanol–water partition coefficient (Wildman–Crippen LogP) is 2.45. The van der Waals surface area contributed by atoms with E-state index in [-0.39, 0.29) is 5.75 Å². The van der Waals surface area contributed by atoms with Crippen LogP contribution < -0.4 is 4.74 Å². The zero-order valence-corrected chi connectivity index (χ0v) is 12.5. The Hall–Kier alpha value is -2.11. The molecule has 6 heteroatoms. The van der Waals surface area contributed by atoms with Crippen LogP contribution in [0.1, 0.15) is 32.6 Å². The van der Waals surface area contributed by atoms with Crippen molar-refractivity contribution in [3.05, 3.63) is 30.1 Å². The van der Waals surface area contributed by atoms with Gasteiger partial charge in [-0.25, -0.2) is 9.18 Å². The standard InChI is InChI=1S/C16H20FNO4/c1-2-13(22-14-9-4-3-7-11(14)17)15(19)18-10-6-5-8-12(18)16(20)21/h3-4,7,9,12-13H,2,5-6,8,10H2,1H3,(H,20,21). The molecule has 2 rings (SSSR count). The van der Waals surface area contributed by atoms with E-state index in [0.717, 1.165) is 12.8 Å². The van der Waals surface area contributed by atoms with E-state index < -0.39 is 29.8 Å². The van der Waals surface area contributed by atoms with Crippen LogP contribution in [0.5, 0.6) is 5.75 Å². The van der Waals surface area contributed by atoms with Gasteiger partial charge in [-0.15, -0.1) is 0 Å². The van der Waals surface area contributed by atoms with Crippen LogP contribution in [0.2, 0.25) is 0 Å². The second-order valence-corrected chi connectivity index (χ2v) is 5.33. The number of carbonyl (C=O) groups excluding carboxylic acids is 1. The molecule has 1 N–H and O–H groups in total. The lowest BCUT2D eigenvalue weighted by Gasteiger charge is -2.35. The predicted molar refractivity (Wildman–Crippen MR) is 78.1 cm³/mol. The van der Waals surface area contributed by atoms with E-state index in [1.807, 2.05) is 0 Å². The number of amides is 1. The molecule has 1 fully saturated rings. The minimum absolute atomic E-state index is 0.00610. The Balaban J connectivity index is 2.14. The third-order valence-electron chi connectivity index (χ3n) is 3.82. The van der Waals surface area contributed by atoms with Crippen molar-refractivity contribution in [2.45, 2.75) is 44.8 Å². The lowest BCUT2D eigenvalue weighted by Crippen LogP contribution is -2.52. The highest BCUT2D eigenvalue weighted by molar-refractivity contribution is 5.86. The fraction of sp³-hybridized carbons (Fsp3) is 0.500. The smallest absolute Gasteiger partial charge is 0.326 e. The summed E-state index contributed by atoms with van der Waals surface area (Å²) in [5, 5.41) is 9.25. The van der Waals surface area contributed by atoms with Gasteiger partial charge in [-0.2, -0.15) is 0 Å². The molecule has 0 aromatic heterocycles. The van der Waals surface area contributed by atoms with Crippen molar-refractivity contribution in [2.75, 3.05) is 6.54 Å². The van der Waals surface area contributed by atoms with Gasteiger partial charge in [0.25, 0.3) is 5.91 Å². The van der Waals surface area contributed by atoms with Gasteiger partial charge in [0.2, 0.25) is 0 Å². The maximum absolute atomic E-state index is 13.7. The number of para-hydroxylation sites is 1. The summed E-state index contributed by atoms with van der Waals surface area (Å²) >= 11 is 0. The number of nitrogens with zero attached hydrogens (tertiary/aromatic N) is 1. The van der Waals surface area contributed by atoms with E-state index >= 15 is 0 Å². The highest BCUT2D eigenvalue weighted by atomic mass is 19.1. The Kier molecular flexibility index (Phi) is 5.35. The Morgan fingerprint density at radius 2 is 2.14 bits per heavy atom. The quantitative estimate of drug-likeness (QED) is 0.907. The molecule has 0 spiro atoms. The monoisotopic (exact) mass is 309 g/mol. The molecular formula is C16H20FNO4. The number of rotatable bonds is 5. The van der Waals surface area contributed by atoms with Gasteiger partial charge < -0.3 is 14.7 Å². The molecule has 1 aliphatic heterocycles. The maximum atomic E-state index is 13.7. The summed E-state index contributed by atoms with van der Waals surface area (Å²) < 4.78 is 19.1. The second kappa shape index (κ2) is 7.24. The molecule has 22 heavy (non-hydrogen) atoms. The number of carbonyl (C=O) groups is 2. The maximum Gasteiger partial charge on any atom is 0.326 e. The number of halogens is 1. The van der Waals surface area contributed by atoms with Crippen molar-refractivity contribution >= 4 is 11.9 Å². The van der Waals surface area contributed by atoms with E-state index in [0.29, 0.717) is 19.4 Å². The van der Waals surface area contributed by atoms with Gasteiger partial charge in [-0.1, -0.05) is 19.1 Å². The van der Waals surface area contributed by atoms with Crippen LogP contribution in [0.4, 0.5) is 4.39 Å². The Morgan fingerprint density at radius 3 is 2.77 bits per heavy atom. The molecule has 0 saturated carbocycles. The number of hydrogen-bond donors (Lipinski definition) is 1. The molecule has 1 aliphatic rings. The van der Waals surface area contributed by atoms with E-state index in [2.05, 4.69) is 0 Å². The molecule has 1 aromatic carbocycles. The summed E-state index contributed by atoms with van der Waals surface area (Å²) in [6.07, 6.45) is 1.46. The van der Waals surface area contributed by atoms with Crippen molar-refractivity contribution in [2.24, 2.45) is 0 Å². The molecule has 0 bridgehead atoms. The highest BCUT2D eigenvalue weighted by Gasteiger charge is 2.35. The van der Waals surface area contributed by atoms with E-state index in [4.69, 9.17) is 4.74 Å². The summed E-state index contributed by atoms with van der Waals surface area (Å²) in [5.74, 6) is -1.93. The van der Waals surface area contributed by atoms with E-state index in [9.17, 15) is 19.1 Å². The Labute approximate surface area is 128 Å². The molecule has 0 radical (unpaired) electrons. The third-order valence-corrected chi connectivity index (χ3v) is 3.82. The minimum Gasteiger partial charge on any atom is -0.480 e. The Bertz CT molecular complexity index is 549. The zero-order chi connectivity index (χ0) is 16.1. The zero-order valence-electron chi connectivity index (χ0n) is 12.5. The van der Waals surface area contributed by atoms with Crippen molar-refractivity contribution in [3.63, 3.8) is 0 Å². The first-order chi connectivity index (χ1) is 10.5. The molecule has 1 heterocycles. The Morgan fingerprint density at radius 1 is 1.41 bits per heavy atom. The van der Waals surface area contributed by atoms with Gasteiger partial charge >= 0.3 is 5.97 Å². The van der Waals surface area contributed by atoms with Gasteiger partial charge in [-0.3, -0.25) is 4.79 Å². The number of piperidine rings is 1. The number of benzene rings is 1. The summed E-state index contributed by atoms with van der Waals surface area (Å²) in [4.78, 5) is 25.2. The summed E-state index contributed by atoms with van der Waals surface area (Å²) in [6.45, 7) is 2.15. The van der Waals surface area contributed by atoms with Gasteiger partial charge in [0.05, 0.1) is 0 Å². The number of ether oxygens (including phenoxy) is 1. The lowest BCUT2D eigenvalue weighted by molar-refractivity contribution is -0.155. The van der Waals surface area contributed by atoms with Crippen LogP contribution in [-0.2, 0) is 9.59 Å². The molecule has 1 amide bonds. The van der Waals surface area contributed by atoms with Crippen molar-refractivity contribution < 1.29 is 23.8 Å². The van der Waals surface area contributed by atoms with Crippen molar-refractivity contribution in [3.8, 4) is 5.75 Å². The molecule has 2 atom stereocenters. The summed E-state index contributed by atoms with van der Waals surface area (Å²) in [7, 11) is 0. The first kappa shape index (κ1) is 16.3. The van der Waals surface area contributed by atoms with E-state index in [1.54, 1.807) is 13.0 Å². The SMILES string of the molecule is CCC(Oc1ccccc1F)C(=O)N1CCCCC1C(=O)O. The molecule has 120 valence electrons. The van der Waals surface area contributed by atoms with Gasteiger partial charge in [0.15, 0.2) is 17.7 Å². The van der Waals surface area contributed by atoms with Gasteiger partial charge in [0, 0.05) is 6.54 Å². The molecular weight excluding hydrogens is 289 g/mol. The second-order valence-electron chi connectivity index (χ2n) is 5.33. The average molecular weight is 309 g/mol. The van der Waals surface area contributed by atoms with Gasteiger partial charge in [0.1, 0.15) is 6.04 Å². The van der Waals surface area contributed by atoms with Gasteiger partial charge in [-0.05, 0) is 37.8 Å². The van der Waals surface area contributed by atoms with Crippen LogP contribution >= 0.6 is 0 Å². The van der Waals surface area contributed by atoms with Crippen LogP contribution in [0.3, 0.4) is 0 Å². The van der Waals surface area contributed by atoms with Crippen molar-refractivity contribution in [1.82, 2.24) is 4.90 Å². The van der Waals surface area contributed by atoms with Crippen LogP contribution in [0.25, 0.3) is 0 Å². The number of aliphatic carboxylic acids is 1. The highest BCUT2D eigenvalue weighted by Crippen LogP contribution is 2.22. The van der Waals surface area contributed by atoms with Crippen LogP contribution in [-0.4, -0.2) is 40.6 Å². The average Bonchev–Trinajstić information content (AvgIpc) is 2.53. The summed E-state index contributed by atoms with van der Waals surface area (Å²) in [5.41, 5.74) is 0. The number of hydrogen-bond acceptors (Lipinski definition) is 3. The van der Waals surface area contributed by atoms with Crippen LogP contribution in [0, 0.1) is 5.82 Å². The molecule has 1 aromatic rings. The number of carboxylic acids is 1. The van der Waals surface area contributed by atoms with Crippen LogP contribution in [0.15, 0.2) is 24.3 Å². The third kappa shape index (κ3) is 3.55. The largest absolute Gasteiger partial charge is 0.480 e. The molecule has 2 unspecified atom stereocenters. The fourth-order valence-corrected chi connectivity index (χ4v) is 2.64. The van der Waals surface area contributed by atoms with E-state index in [1.165, 1.54) is 23.1 Å². The number of likely N-dealkylation sites (tertiary alicyclic amines) is 1. The first-order valence-electron chi connectivity index (χ1n) is 7.49. The molecule has 1 saturated heterocycles. The summed E-state index contributed by atoms with van der Waals surface area (Å²) in [6, 6.07) is 5.05. The molecule has 5 nitrogen and oxygen atoms in total. The topological polar surface area (TPSA) is 66.8 Å². The fourth-order valence-electron chi connectivity index (χ4n) is 2.64. The molecule has 0 aliphatic carbocycles. The number of carboxylic acid groups (broad SMARTS) is 1. The normalized spacial score (nSPS) is 19.5. The lowest BCUT2D eigenvalue weighted by atomic mass is 10.0. The van der Waals surface area contributed by atoms with Crippen molar-refractivity contribution in [1.29, 1.82) is 0 Å². The minimum atomic E-state index is -1.01.